The summed E-state index contributed by atoms with van der Waals surface area (Å²) in [5.41, 5.74) is 1.78. The lowest BCUT2D eigenvalue weighted by molar-refractivity contribution is -0.890. The van der Waals surface area contributed by atoms with Crippen molar-refractivity contribution in [3.8, 4) is 5.75 Å². The molecule has 2 aromatic carbocycles. The van der Waals surface area contributed by atoms with Crippen LogP contribution in [-0.4, -0.2) is 32.0 Å². The van der Waals surface area contributed by atoms with Crippen LogP contribution in [0.15, 0.2) is 51.9 Å². The quantitative estimate of drug-likeness (QED) is 0.766. The van der Waals surface area contributed by atoms with Gasteiger partial charge in [-0.2, -0.15) is 0 Å². The summed E-state index contributed by atoms with van der Waals surface area (Å²) in [6.07, 6.45) is 1.70. The topological polar surface area (TPSA) is 37.0 Å². The molecule has 0 saturated heterocycles. The zero-order valence-electron chi connectivity index (χ0n) is 12.6. The van der Waals surface area contributed by atoms with E-state index < -0.39 is 0 Å². The molecule has 0 heterocycles. The second kappa shape index (κ2) is 7.77. The Balaban J connectivity index is 2.18. The number of phenolic OH excluding ortho intramolecular Hbond substituents is 1. The van der Waals surface area contributed by atoms with Crippen LogP contribution in [-0.2, 0) is 0 Å². The molecule has 0 aliphatic rings. The standard InChI is InChI=1S/C17H18BrClN2O/c1-21(2)16(14-5-3-4-6-15(14)19)11-20-10-12-9-13(18)7-8-17(12)22/h3-10,16,22H,11H2,1-2H3/p+1/t16-/m1/s1. The van der Waals surface area contributed by atoms with E-state index in [1.807, 2.05) is 30.3 Å². The third kappa shape index (κ3) is 4.32. The lowest BCUT2D eigenvalue weighted by Gasteiger charge is -2.21. The lowest BCUT2D eigenvalue weighted by atomic mass is 10.1. The Kier molecular flexibility index (Phi) is 6.00. The van der Waals surface area contributed by atoms with Gasteiger partial charge >= 0.3 is 0 Å². The molecule has 0 aliphatic carbocycles. The lowest BCUT2D eigenvalue weighted by Crippen LogP contribution is -3.06. The number of quaternary nitrogens is 1. The highest BCUT2D eigenvalue weighted by atomic mass is 79.9. The van der Waals surface area contributed by atoms with Crippen LogP contribution in [0.5, 0.6) is 5.75 Å². The van der Waals surface area contributed by atoms with Gasteiger partial charge in [-0.15, -0.1) is 0 Å². The molecule has 0 radical (unpaired) electrons. The number of hydrogen-bond acceptors (Lipinski definition) is 2. The van der Waals surface area contributed by atoms with Crippen molar-refractivity contribution in [1.29, 1.82) is 0 Å². The van der Waals surface area contributed by atoms with Gasteiger partial charge < -0.3 is 10.0 Å². The van der Waals surface area contributed by atoms with Gasteiger partial charge in [-0.05, 0) is 24.3 Å². The maximum absolute atomic E-state index is 9.83. The number of rotatable bonds is 5. The molecule has 1 atom stereocenters. The van der Waals surface area contributed by atoms with Crippen LogP contribution in [0.3, 0.4) is 0 Å². The molecule has 0 saturated carbocycles. The number of likely N-dealkylation sites (N-methyl/N-ethyl adjacent to an activating group) is 1. The van der Waals surface area contributed by atoms with E-state index in [0.717, 1.165) is 15.1 Å². The molecule has 2 N–H and O–H groups in total. The van der Waals surface area contributed by atoms with Crippen LogP contribution in [0.4, 0.5) is 0 Å². The minimum absolute atomic E-state index is 0.166. The highest BCUT2D eigenvalue weighted by molar-refractivity contribution is 9.10. The van der Waals surface area contributed by atoms with E-state index in [-0.39, 0.29) is 11.8 Å². The third-order valence-corrected chi connectivity index (χ3v) is 4.32. The monoisotopic (exact) mass is 381 g/mol. The van der Waals surface area contributed by atoms with Gasteiger partial charge in [-0.1, -0.05) is 45.7 Å². The summed E-state index contributed by atoms with van der Waals surface area (Å²) in [6, 6.07) is 13.3. The molecule has 0 bridgehead atoms. The highest BCUT2D eigenvalue weighted by Gasteiger charge is 2.19. The molecule has 2 aromatic rings. The fourth-order valence-electron chi connectivity index (χ4n) is 2.23. The Hall–Kier alpha value is -1.36. The SMILES string of the molecule is C[NH+](C)[C@H](CN=Cc1cc(Br)ccc1O)c1ccccc1Cl. The summed E-state index contributed by atoms with van der Waals surface area (Å²) in [5, 5.41) is 10.6. The van der Waals surface area contributed by atoms with Gasteiger partial charge in [0.2, 0.25) is 0 Å². The number of aromatic hydroxyl groups is 1. The van der Waals surface area contributed by atoms with Crippen LogP contribution in [0.1, 0.15) is 17.2 Å². The summed E-state index contributed by atoms with van der Waals surface area (Å²) < 4.78 is 0.910. The Labute approximate surface area is 144 Å². The van der Waals surface area contributed by atoms with E-state index in [0.29, 0.717) is 12.1 Å². The van der Waals surface area contributed by atoms with Crippen LogP contribution in [0.25, 0.3) is 0 Å². The van der Waals surface area contributed by atoms with Gasteiger partial charge in [0.25, 0.3) is 0 Å². The summed E-state index contributed by atoms with van der Waals surface area (Å²) in [6.45, 7) is 0.595. The van der Waals surface area contributed by atoms with E-state index >= 15 is 0 Å². The molecular weight excluding hydrogens is 364 g/mol. The Morgan fingerprint density at radius 2 is 2.00 bits per heavy atom. The predicted octanol–water partition coefficient (Wildman–Crippen LogP) is 3.11. The summed E-state index contributed by atoms with van der Waals surface area (Å²) in [4.78, 5) is 5.75. The van der Waals surface area contributed by atoms with Gasteiger partial charge in [0.1, 0.15) is 11.8 Å². The molecular formula is C17H19BrClN2O+. The number of benzene rings is 2. The van der Waals surface area contributed by atoms with Crippen LogP contribution >= 0.6 is 27.5 Å². The number of nitrogens with zero attached hydrogens (tertiary/aromatic N) is 1. The van der Waals surface area contributed by atoms with E-state index in [4.69, 9.17) is 11.6 Å². The fraction of sp³-hybridized carbons (Fsp3) is 0.235. The molecule has 5 heteroatoms. The second-order valence-electron chi connectivity index (χ2n) is 5.35. The van der Waals surface area contributed by atoms with Gasteiger partial charge in [0.05, 0.1) is 20.6 Å². The van der Waals surface area contributed by atoms with Gasteiger partial charge in [0.15, 0.2) is 0 Å². The van der Waals surface area contributed by atoms with Crippen LogP contribution in [0.2, 0.25) is 5.02 Å². The van der Waals surface area contributed by atoms with Gasteiger partial charge in [0, 0.05) is 26.8 Å². The van der Waals surface area contributed by atoms with Crippen molar-refractivity contribution in [3.05, 3.63) is 63.1 Å². The molecule has 116 valence electrons. The maximum atomic E-state index is 9.83. The number of halogens is 2. The van der Waals surface area contributed by atoms with Crippen molar-refractivity contribution in [2.45, 2.75) is 6.04 Å². The second-order valence-corrected chi connectivity index (χ2v) is 6.67. The zero-order valence-corrected chi connectivity index (χ0v) is 14.9. The zero-order chi connectivity index (χ0) is 16.1. The molecule has 22 heavy (non-hydrogen) atoms. The van der Waals surface area contributed by atoms with Crippen molar-refractivity contribution < 1.29 is 10.0 Å². The van der Waals surface area contributed by atoms with Crippen molar-refractivity contribution in [3.63, 3.8) is 0 Å². The normalized spacial score (nSPS) is 13.0. The molecule has 0 aliphatic heterocycles. The summed E-state index contributed by atoms with van der Waals surface area (Å²) in [5.74, 6) is 0.221. The predicted molar refractivity (Wildman–Crippen MR) is 95.3 cm³/mol. The molecule has 0 amide bonds. The number of phenols is 1. The smallest absolute Gasteiger partial charge is 0.134 e. The minimum Gasteiger partial charge on any atom is -0.507 e. The number of hydrogen-bond donors (Lipinski definition) is 2. The van der Waals surface area contributed by atoms with Crippen molar-refractivity contribution in [2.24, 2.45) is 4.99 Å². The largest absolute Gasteiger partial charge is 0.507 e. The van der Waals surface area contributed by atoms with E-state index in [1.54, 1.807) is 18.3 Å². The minimum atomic E-state index is 0.166. The molecule has 0 aromatic heterocycles. The third-order valence-electron chi connectivity index (χ3n) is 3.49. The average Bonchev–Trinajstić information content (AvgIpc) is 2.48. The van der Waals surface area contributed by atoms with Crippen molar-refractivity contribution >= 4 is 33.7 Å². The first-order valence-corrected chi connectivity index (χ1v) is 8.19. The Bertz CT molecular complexity index is 673. The first kappa shape index (κ1) is 17.0. The molecule has 3 nitrogen and oxygen atoms in total. The van der Waals surface area contributed by atoms with E-state index in [9.17, 15) is 5.11 Å². The number of aliphatic imine (C=N–C) groups is 1. The highest BCUT2D eigenvalue weighted by Crippen LogP contribution is 2.22. The van der Waals surface area contributed by atoms with Crippen LogP contribution < -0.4 is 4.90 Å². The molecule has 0 unspecified atom stereocenters. The fourth-order valence-corrected chi connectivity index (χ4v) is 2.88. The Morgan fingerprint density at radius 3 is 2.68 bits per heavy atom. The summed E-state index contributed by atoms with van der Waals surface area (Å²) in [7, 11) is 4.17. The van der Waals surface area contributed by atoms with E-state index in [1.165, 1.54) is 4.90 Å². The number of nitrogens with one attached hydrogen (secondary N) is 1. The first-order chi connectivity index (χ1) is 10.5. The van der Waals surface area contributed by atoms with Gasteiger partial charge in [-0.25, -0.2) is 0 Å². The summed E-state index contributed by atoms with van der Waals surface area (Å²) >= 11 is 9.69. The molecule has 0 fully saturated rings. The van der Waals surface area contributed by atoms with Crippen molar-refractivity contribution in [2.75, 3.05) is 20.6 Å². The molecule has 2 rings (SSSR count). The maximum Gasteiger partial charge on any atom is 0.134 e. The van der Waals surface area contributed by atoms with E-state index in [2.05, 4.69) is 35.0 Å². The van der Waals surface area contributed by atoms with Crippen LogP contribution in [0, 0.1) is 0 Å². The van der Waals surface area contributed by atoms with Crippen molar-refractivity contribution in [1.82, 2.24) is 0 Å². The Morgan fingerprint density at radius 1 is 1.27 bits per heavy atom. The molecule has 0 spiro atoms. The first-order valence-electron chi connectivity index (χ1n) is 7.02. The van der Waals surface area contributed by atoms with Gasteiger partial charge in [-0.3, -0.25) is 4.99 Å². The average molecular weight is 383 g/mol.